The minimum absolute atomic E-state index is 0.0928. The maximum atomic E-state index is 10.1. The molecule has 0 amide bonds. The van der Waals surface area contributed by atoms with Gasteiger partial charge in [0, 0.05) is 6.54 Å². The molecule has 0 aliphatic carbocycles. The van der Waals surface area contributed by atoms with E-state index < -0.39 is 6.10 Å². The molecule has 0 aliphatic heterocycles. The molecule has 126 valence electrons. The van der Waals surface area contributed by atoms with Gasteiger partial charge >= 0.3 is 0 Å². The van der Waals surface area contributed by atoms with Crippen molar-refractivity contribution in [1.29, 1.82) is 0 Å². The third-order valence-electron chi connectivity index (χ3n) is 3.48. The third-order valence-corrected chi connectivity index (χ3v) is 3.48. The smallest absolute Gasteiger partial charge is 0.244 e. The minimum Gasteiger partial charge on any atom is -0.491 e. The van der Waals surface area contributed by atoms with E-state index in [0.717, 1.165) is 11.3 Å². The number of benzene rings is 1. The molecule has 6 heteroatoms. The molecule has 0 radical (unpaired) electrons. The third kappa shape index (κ3) is 5.33. The first kappa shape index (κ1) is 17.4. The van der Waals surface area contributed by atoms with Gasteiger partial charge in [-0.25, -0.2) is 0 Å². The summed E-state index contributed by atoms with van der Waals surface area (Å²) in [7, 11) is 0. The quantitative estimate of drug-likeness (QED) is 0.778. The summed E-state index contributed by atoms with van der Waals surface area (Å²) in [5.41, 5.74) is 1.13. The van der Waals surface area contributed by atoms with Gasteiger partial charge in [-0.1, -0.05) is 31.1 Å². The summed E-state index contributed by atoms with van der Waals surface area (Å²) in [6.45, 7) is 8.53. The van der Waals surface area contributed by atoms with Gasteiger partial charge in [0.25, 0.3) is 0 Å². The van der Waals surface area contributed by atoms with E-state index in [4.69, 9.17) is 9.26 Å². The molecule has 2 atom stereocenters. The number of hydrogen-bond donors (Lipinski definition) is 2. The van der Waals surface area contributed by atoms with Crippen LogP contribution in [0, 0.1) is 19.8 Å². The maximum Gasteiger partial charge on any atom is 0.244 e. The first-order valence-corrected chi connectivity index (χ1v) is 7.87. The number of ether oxygens (including phenoxy) is 1. The standard InChI is InChI=1S/C17H25N3O3/c1-11(2)16(17-19-13(4)20-23-17)18-9-14(21)10-22-15-7-5-6-12(3)8-15/h5-8,11,14,16,18,21H,9-10H2,1-4H3. The summed E-state index contributed by atoms with van der Waals surface area (Å²) in [6, 6.07) is 7.67. The molecule has 1 heterocycles. The van der Waals surface area contributed by atoms with Crippen LogP contribution in [0.2, 0.25) is 0 Å². The molecule has 2 rings (SSSR count). The van der Waals surface area contributed by atoms with E-state index >= 15 is 0 Å². The highest BCUT2D eigenvalue weighted by atomic mass is 16.5. The summed E-state index contributed by atoms with van der Waals surface area (Å²) in [5, 5.41) is 17.2. The van der Waals surface area contributed by atoms with E-state index in [1.54, 1.807) is 6.92 Å². The Kier molecular flexibility index (Phi) is 6.12. The second-order valence-electron chi connectivity index (χ2n) is 6.09. The van der Waals surface area contributed by atoms with Crippen molar-refractivity contribution in [3.05, 3.63) is 41.5 Å². The van der Waals surface area contributed by atoms with Crippen molar-refractivity contribution in [2.75, 3.05) is 13.2 Å². The zero-order chi connectivity index (χ0) is 16.8. The molecule has 0 saturated carbocycles. The molecule has 1 aromatic heterocycles. The number of rotatable bonds is 8. The highest BCUT2D eigenvalue weighted by Gasteiger charge is 2.22. The van der Waals surface area contributed by atoms with Crippen molar-refractivity contribution in [2.45, 2.75) is 39.8 Å². The van der Waals surface area contributed by atoms with Gasteiger partial charge in [0.1, 0.15) is 18.5 Å². The second kappa shape index (κ2) is 8.08. The highest BCUT2D eigenvalue weighted by Crippen LogP contribution is 2.20. The van der Waals surface area contributed by atoms with Crippen molar-refractivity contribution in [1.82, 2.24) is 15.5 Å². The van der Waals surface area contributed by atoms with Crippen molar-refractivity contribution in [3.8, 4) is 5.75 Å². The molecule has 0 spiro atoms. The number of aromatic nitrogens is 2. The lowest BCUT2D eigenvalue weighted by atomic mass is 10.0. The molecule has 6 nitrogen and oxygen atoms in total. The second-order valence-corrected chi connectivity index (χ2v) is 6.09. The van der Waals surface area contributed by atoms with E-state index in [9.17, 15) is 5.11 Å². The highest BCUT2D eigenvalue weighted by molar-refractivity contribution is 5.27. The van der Waals surface area contributed by atoms with Crippen LogP contribution in [0.4, 0.5) is 0 Å². The Morgan fingerprint density at radius 3 is 2.70 bits per heavy atom. The summed E-state index contributed by atoms with van der Waals surface area (Å²) in [5.74, 6) is 2.18. The van der Waals surface area contributed by atoms with Gasteiger partial charge < -0.3 is 19.7 Å². The topological polar surface area (TPSA) is 80.4 Å². The van der Waals surface area contributed by atoms with Gasteiger partial charge in [0.15, 0.2) is 5.82 Å². The molecular formula is C17H25N3O3. The fraction of sp³-hybridized carbons (Fsp3) is 0.529. The Morgan fingerprint density at radius 1 is 1.30 bits per heavy atom. The molecule has 0 bridgehead atoms. The first-order valence-electron chi connectivity index (χ1n) is 7.87. The molecule has 1 aromatic carbocycles. The van der Waals surface area contributed by atoms with Crippen LogP contribution >= 0.6 is 0 Å². The van der Waals surface area contributed by atoms with Crippen molar-refractivity contribution in [2.24, 2.45) is 5.92 Å². The lowest BCUT2D eigenvalue weighted by molar-refractivity contribution is 0.0993. The predicted molar refractivity (Wildman–Crippen MR) is 87.3 cm³/mol. The average Bonchev–Trinajstić information content (AvgIpc) is 2.91. The Morgan fingerprint density at radius 2 is 2.09 bits per heavy atom. The predicted octanol–water partition coefficient (Wildman–Crippen LogP) is 2.41. The van der Waals surface area contributed by atoms with Gasteiger partial charge in [-0.15, -0.1) is 0 Å². The van der Waals surface area contributed by atoms with Crippen LogP contribution in [0.15, 0.2) is 28.8 Å². The Hall–Kier alpha value is -1.92. The largest absolute Gasteiger partial charge is 0.491 e. The lowest BCUT2D eigenvalue weighted by Gasteiger charge is -2.21. The van der Waals surface area contributed by atoms with E-state index in [1.807, 2.05) is 31.2 Å². The minimum atomic E-state index is -0.624. The van der Waals surface area contributed by atoms with Gasteiger partial charge in [0.2, 0.25) is 5.89 Å². The van der Waals surface area contributed by atoms with Crippen LogP contribution in [0.5, 0.6) is 5.75 Å². The number of aryl methyl sites for hydroxylation is 2. The molecule has 2 unspecified atom stereocenters. The van der Waals surface area contributed by atoms with Crippen molar-refractivity contribution >= 4 is 0 Å². The average molecular weight is 319 g/mol. The van der Waals surface area contributed by atoms with Crippen molar-refractivity contribution in [3.63, 3.8) is 0 Å². The fourth-order valence-corrected chi connectivity index (χ4v) is 2.27. The summed E-state index contributed by atoms with van der Waals surface area (Å²) < 4.78 is 10.8. The number of nitrogens with one attached hydrogen (secondary N) is 1. The van der Waals surface area contributed by atoms with Gasteiger partial charge in [-0.3, -0.25) is 0 Å². The molecule has 2 N–H and O–H groups in total. The van der Waals surface area contributed by atoms with Crippen LogP contribution < -0.4 is 10.1 Å². The van der Waals surface area contributed by atoms with Crippen LogP contribution in [-0.4, -0.2) is 34.5 Å². The SMILES string of the molecule is Cc1cccc(OCC(O)CNC(c2nc(C)no2)C(C)C)c1. The van der Waals surface area contributed by atoms with E-state index in [1.165, 1.54) is 0 Å². The molecule has 23 heavy (non-hydrogen) atoms. The van der Waals surface area contributed by atoms with E-state index in [-0.39, 0.29) is 18.6 Å². The number of nitrogens with zero attached hydrogens (tertiary/aromatic N) is 2. The van der Waals surface area contributed by atoms with Gasteiger partial charge in [-0.2, -0.15) is 4.98 Å². The maximum absolute atomic E-state index is 10.1. The van der Waals surface area contributed by atoms with Crippen LogP contribution in [-0.2, 0) is 0 Å². The summed E-state index contributed by atoms with van der Waals surface area (Å²) in [6.07, 6.45) is -0.624. The fourth-order valence-electron chi connectivity index (χ4n) is 2.27. The van der Waals surface area contributed by atoms with Crippen LogP contribution in [0.3, 0.4) is 0 Å². The molecule has 0 saturated heterocycles. The summed E-state index contributed by atoms with van der Waals surface area (Å²) >= 11 is 0. The van der Waals surface area contributed by atoms with Gasteiger partial charge in [0.05, 0.1) is 6.04 Å². The normalized spacial score (nSPS) is 14.0. The molecule has 0 aliphatic rings. The number of aliphatic hydroxyl groups is 1. The number of hydrogen-bond acceptors (Lipinski definition) is 6. The Bertz CT molecular complexity index is 613. The number of aliphatic hydroxyl groups excluding tert-OH is 1. The molecule has 0 fully saturated rings. The zero-order valence-electron chi connectivity index (χ0n) is 14.1. The lowest BCUT2D eigenvalue weighted by Crippen LogP contribution is -2.36. The van der Waals surface area contributed by atoms with Crippen molar-refractivity contribution < 1.29 is 14.4 Å². The van der Waals surface area contributed by atoms with E-state index in [2.05, 4.69) is 29.3 Å². The molecule has 2 aromatic rings. The van der Waals surface area contributed by atoms with Crippen LogP contribution in [0.25, 0.3) is 0 Å². The zero-order valence-corrected chi connectivity index (χ0v) is 14.1. The molecular weight excluding hydrogens is 294 g/mol. The Balaban J connectivity index is 1.83. The Labute approximate surface area is 136 Å². The van der Waals surface area contributed by atoms with E-state index in [0.29, 0.717) is 18.3 Å². The monoisotopic (exact) mass is 319 g/mol. The van der Waals surface area contributed by atoms with Gasteiger partial charge in [-0.05, 0) is 37.5 Å². The van der Waals surface area contributed by atoms with Crippen LogP contribution in [0.1, 0.15) is 37.2 Å². The first-order chi connectivity index (χ1) is 11.0. The summed E-state index contributed by atoms with van der Waals surface area (Å²) in [4.78, 5) is 4.26.